The van der Waals surface area contributed by atoms with Crippen molar-refractivity contribution in [2.24, 2.45) is 0 Å². The van der Waals surface area contributed by atoms with Gasteiger partial charge in [-0.15, -0.1) is 11.3 Å². The highest BCUT2D eigenvalue weighted by atomic mass is 79.9. The molecule has 1 N–H and O–H groups in total. The summed E-state index contributed by atoms with van der Waals surface area (Å²) in [7, 11) is 0. The number of ether oxygens (including phenoxy) is 1. The molecule has 0 spiro atoms. The number of fused-ring (bicyclic) bond motifs is 1. The number of carbonyl (C=O) groups excluding carboxylic acids is 1. The number of aliphatic hydroxyl groups is 1. The predicted octanol–water partition coefficient (Wildman–Crippen LogP) is 5.19. The molecule has 1 aliphatic rings. The maximum atomic E-state index is 12.3. The first-order valence-electron chi connectivity index (χ1n) is 8.67. The summed E-state index contributed by atoms with van der Waals surface area (Å²) in [5.41, 5.74) is 2.57. The van der Waals surface area contributed by atoms with Crippen LogP contribution >= 0.6 is 27.3 Å². The van der Waals surface area contributed by atoms with E-state index < -0.39 is 11.7 Å². The molecule has 26 heavy (non-hydrogen) atoms. The van der Waals surface area contributed by atoms with Gasteiger partial charge in [0.15, 0.2) is 0 Å². The molecule has 1 atom stereocenters. The Morgan fingerprint density at radius 3 is 2.77 bits per heavy atom. The third kappa shape index (κ3) is 4.30. The lowest BCUT2D eigenvalue weighted by Crippen LogP contribution is -2.39. The van der Waals surface area contributed by atoms with Crippen LogP contribution in [0.4, 0.5) is 4.79 Å². The highest BCUT2D eigenvalue weighted by Gasteiger charge is 2.28. The Kier molecular flexibility index (Phi) is 5.47. The number of nitrogens with zero attached hydrogens (tertiary/aromatic N) is 1. The van der Waals surface area contributed by atoms with Gasteiger partial charge < -0.3 is 14.7 Å². The van der Waals surface area contributed by atoms with Crippen molar-refractivity contribution in [1.29, 1.82) is 0 Å². The summed E-state index contributed by atoms with van der Waals surface area (Å²) in [6.07, 6.45) is -0.138. The van der Waals surface area contributed by atoms with Crippen LogP contribution in [-0.4, -0.2) is 28.2 Å². The van der Waals surface area contributed by atoms with Crippen molar-refractivity contribution in [3.63, 3.8) is 0 Å². The molecule has 2 heterocycles. The zero-order valence-electron chi connectivity index (χ0n) is 15.5. The van der Waals surface area contributed by atoms with E-state index in [2.05, 4.69) is 15.9 Å². The quantitative estimate of drug-likeness (QED) is 0.702. The molecular formula is C20H24BrNO3S. The zero-order valence-corrected chi connectivity index (χ0v) is 17.9. The highest BCUT2D eigenvalue weighted by Crippen LogP contribution is 2.36. The van der Waals surface area contributed by atoms with Crippen molar-refractivity contribution >= 4 is 33.4 Å². The number of thiophene rings is 1. The molecule has 0 aliphatic carbocycles. The lowest BCUT2D eigenvalue weighted by Gasteiger charge is -2.29. The minimum Gasteiger partial charge on any atom is -0.444 e. The summed E-state index contributed by atoms with van der Waals surface area (Å²) < 4.78 is 6.43. The Morgan fingerprint density at radius 2 is 2.08 bits per heavy atom. The Labute approximate surface area is 166 Å². The standard InChI is InChI=1S/C20H24BrNO3S/c1-12-5-6-14(21)10-15(12)18(23)17-9-13-11-22(8-7-16(13)26-17)19(24)25-20(2,3)4/h5-6,9-10,18,23H,7-8,11H2,1-4H3. The van der Waals surface area contributed by atoms with Crippen LogP contribution in [-0.2, 0) is 17.7 Å². The Balaban J connectivity index is 1.79. The van der Waals surface area contributed by atoms with Crippen LogP contribution in [0.25, 0.3) is 0 Å². The van der Waals surface area contributed by atoms with Crippen LogP contribution in [0.15, 0.2) is 28.7 Å². The predicted molar refractivity (Wildman–Crippen MR) is 108 cm³/mol. The van der Waals surface area contributed by atoms with Gasteiger partial charge in [0.25, 0.3) is 0 Å². The van der Waals surface area contributed by atoms with Crippen LogP contribution in [0.1, 0.15) is 53.3 Å². The molecule has 4 nitrogen and oxygen atoms in total. The monoisotopic (exact) mass is 437 g/mol. The SMILES string of the molecule is Cc1ccc(Br)cc1C(O)c1cc2c(s1)CCN(C(=O)OC(C)(C)C)C2. The van der Waals surface area contributed by atoms with Gasteiger partial charge in [-0.2, -0.15) is 0 Å². The van der Waals surface area contributed by atoms with E-state index in [9.17, 15) is 9.90 Å². The van der Waals surface area contributed by atoms with Crippen molar-refractivity contribution in [2.75, 3.05) is 6.54 Å². The van der Waals surface area contributed by atoms with Crippen molar-refractivity contribution in [2.45, 2.75) is 52.4 Å². The third-order valence-electron chi connectivity index (χ3n) is 4.34. The Hall–Kier alpha value is -1.37. The fourth-order valence-electron chi connectivity index (χ4n) is 3.03. The summed E-state index contributed by atoms with van der Waals surface area (Å²) >= 11 is 5.11. The zero-order chi connectivity index (χ0) is 19.1. The van der Waals surface area contributed by atoms with Crippen LogP contribution < -0.4 is 0 Å². The number of hydrogen-bond donors (Lipinski definition) is 1. The topological polar surface area (TPSA) is 49.8 Å². The molecule has 0 saturated carbocycles. The number of aryl methyl sites for hydroxylation is 1. The summed E-state index contributed by atoms with van der Waals surface area (Å²) in [4.78, 5) is 16.2. The first-order chi connectivity index (χ1) is 12.1. The normalized spacial score (nSPS) is 15.5. The molecular weight excluding hydrogens is 414 g/mol. The van der Waals surface area contributed by atoms with E-state index >= 15 is 0 Å². The van der Waals surface area contributed by atoms with E-state index in [0.29, 0.717) is 13.1 Å². The van der Waals surface area contributed by atoms with Crippen molar-refractivity contribution in [3.8, 4) is 0 Å². The van der Waals surface area contributed by atoms with E-state index in [-0.39, 0.29) is 6.09 Å². The molecule has 2 aromatic rings. The minimum atomic E-state index is -0.655. The van der Waals surface area contributed by atoms with Crippen molar-refractivity contribution < 1.29 is 14.6 Å². The van der Waals surface area contributed by atoms with Crippen LogP contribution in [0.3, 0.4) is 0 Å². The number of amides is 1. The largest absolute Gasteiger partial charge is 0.444 e. The van der Waals surface area contributed by atoms with E-state index in [1.54, 1.807) is 16.2 Å². The number of halogens is 1. The summed E-state index contributed by atoms with van der Waals surface area (Å²) in [6.45, 7) is 8.81. The molecule has 0 saturated heterocycles. The number of benzene rings is 1. The van der Waals surface area contributed by atoms with E-state index in [1.165, 1.54) is 4.88 Å². The number of carbonyl (C=O) groups is 1. The van der Waals surface area contributed by atoms with Gasteiger partial charge in [0.2, 0.25) is 0 Å². The van der Waals surface area contributed by atoms with Gasteiger partial charge >= 0.3 is 6.09 Å². The second-order valence-corrected chi connectivity index (χ2v) is 9.74. The molecule has 1 aromatic heterocycles. The first kappa shape index (κ1) is 19.4. The van der Waals surface area contributed by atoms with Gasteiger partial charge in [-0.3, -0.25) is 0 Å². The van der Waals surface area contributed by atoms with Crippen LogP contribution in [0.2, 0.25) is 0 Å². The molecule has 3 rings (SSSR count). The van der Waals surface area contributed by atoms with Gasteiger partial charge in [0.05, 0.1) is 6.54 Å². The average molecular weight is 438 g/mol. The average Bonchev–Trinajstić information content (AvgIpc) is 2.98. The molecule has 0 radical (unpaired) electrons. The Bertz CT molecular complexity index is 825. The van der Waals surface area contributed by atoms with E-state index in [4.69, 9.17) is 4.74 Å². The number of rotatable bonds is 2. The van der Waals surface area contributed by atoms with Gasteiger partial charge in [-0.1, -0.05) is 22.0 Å². The fraction of sp³-hybridized carbons (Fsp3) is 0.450. The molecule has 1 unspecified atom stereocenters. The third-order valence-corrected chi connectivity index (χ3v) is 6.13. The van der Waals surface area contributed by atoms with Crippen molar-refractivity contribution in [1.82, 2.24) is 4.90 Å². The second kappa shape index (κ2) is 7.33. The van der Waals surface area contributed by atoms with Gasteiger partial charge in [0.1, 0.15) is 11.7 Å². The molecule has 140 valence electrons. The van der Waals surface area contributed by atoms with E-state index in [0.717, 1.165) is 32.5 Å². The number of aliphatic hydroxyl groups excluding tert-OH is 1. The lowest BCUT2D eigenvalue weighted by molar-refractivity contribution is 0.0225. The van der Waals surface area contributed by atoms with E-state index in [1.807, 2.05) is 52.0 Å². The molecule has 0 bridgehead atoms. The molecule has 0 fully saturated rings. The maximum absolute atomic E-state index is 12.3. The molecule has 6 heteroatoms. The van der Waals surface area contributed by atoms with Crippen molar-refractivity contribution in [3.05, 3.63) is 55.2 Å². The number of hydrogen-bond acceptors (Lipinski definition) is 4. The molecule has 1 aliphatic heterocycles. The molecule has 1 aromatic carbocycles. The first-order valence-corrected chi connectivity index (χ1v) is 10.3. The Morgan fingerprint density at radius 1 is 1.35 bits per heavy atom. The maximum Gasteiger partial charge on any atom is 0.410 e. The van der Waals surface area contributed by atoms with Gasteiger partial charge in [-0.05, 0) is 69.0 Å². The highest BCUT2D eigenvalue weighted by molar-refractivity contribution is 9.10. The summed E-state index contributed by atoms with van der Waals surface area (Å²) in [6, 6.07) is 7.97. The van der Waals surface area contributed by atoms with Gasteiger partial charge in [-0.25, -0.2) is 4.79 Å². The minimum absolute atomic E-state index is 0.278. The molecule has 1 amide bonds. The smallest absolute Gasteiger partial charge is 0.410 e. The summed E-state index contributed by atoms with van der Waals surface area (Å²) in [5, 5.41) is 10.9. The lowest BCUT2D eigenvalue weighted by atomic mass is 10.0. The van der Waals surface area contributed by atoms with Crippen LogP contribution in [0.5, 0.6) is 0 Å². The van der Waals surface area contributed by atoms with Gasteiger partial charge in [0, 0.05) is 20.8 Å². The second-order valence-electron chi connectivity index (χ2n) is 7.65. The summed E-state index contributed by atoms with van der Waals surface area (Å²) in [5.74, 6) is 0. The fourth-order valence-corrected chi connectivity index (χ4v) is 4.58. The van der Waals surface area contributed by atoms with Crippen LogP contribution in [0, 0.1) is 6.92 Å².